The second-order valence-corrected chi connectivity index (χ2v) is 5.95. The standard InChI is InChI=1S/C11H11F2NO2S/c1-7(2)11(6-14)17(15,16)10-5-8(12)3-4-9(10)13/h3-5,7,11H,1-2H3. The summed E-state index contributed by atoms with van der Waals surface area (Å²) in [4.78, 5) is -0.766. The second-order valence-electron chi connectivity index (χ2n) is 3.91. The molecule has 1 aromatic rings. The Hall–Kier alpha value is -1.48. The van der Waals surface area contributed by atoms with Crippen LogP contribution in [0.5, 0.6) is 0 Å². The predicted molar refractivity (Wildman–Crippen MR) is 57.8 cm³/mol. The van der Waals surface area contributed by atoms with E-state index in [2.05, 4.69) is 0 Å². The van der Waals surface area contributed by atoms with Crippen LogP contribution in [0.4, 0.5) is 8.78 Å². The maximum atomic E-state index is 13.4. The minimum Gasteiger partial charge on any atom is -0.222 e. The summed E-state index contributed by atoms with van der Waals surface area (Å²) in [5.41, 5.74) is 0. The molecule has 0 aromatic heterocycles. The van der Waals surface area contributed by atoms with Gasteiger partial charge in [-0.05, 0) is 24.1 Å². The zero-order chi connectivity index (χ0) is 13.2. The number of hydrogen-bond acceptors (Lipinski definition) is 3. The van der Waals surface area contributed by atoms with Gasteiger partial charge in [0.15, 0.2) is 15.1 Å². The van der Waals surface area contributed by atoms with Crippen LogP contribution in [0.1, 0.15) is 13.8 Å². The third-order valence-electron chi connectivity index (χ3n) is 2.27. The average molecular weight is 259 g/mol. The Morgan fingerprint density at radius 1 is 1.29 bits per heavy atom. The molecule has 0 bridgehead atoms. The van der Waals surface area contributed by atoms with Crippen molar-refractivity contribution in [2.24, 2.45) is 5.92 Å². The Labute approximate surface area is 98.6 Å². The molecule has 0 saturated carbocycles. The lowest BCUT2D eigenvalue weighted by atomic mass is 10.1. The Morgan fingerprint density at radius 2 is 1.88 bits per heavy atom. The summed E-state index contributed by atoms with van der Waals surface area (Å²) in [5.74, 6) is -2.41. The number of nitriles is 1. The van der Waals surface area contributed by atoms with Crippen LogP contribution in [-0.2, 0) is 9.84 Å². The molecular weight excluding hydrogens is 248 g/mol. The van der Waals surface area contributed by atoms with Crippen LogP contribution in [0.2, 0.25) is 0 Å². The maximum Gasteiger partial charge on any atom is 0.197 e. The molecule has 1 atom stereocenters. The summed E-state index contributed by atoms with van der Waals surface area (Å²) in [6.45, 7) is 3.06. The van der Waals surface area contributed by atoms with E-state index in [1.54, 1.807) is 6.07 Å². The van der Waals surface area contributed by atoms with Crippen molar-refractivity contribution in [3.63, 3.8) is 0 Å². The van der Waals surface area contributed by atoms with Crippen LogP contribution < -0.4 is 0 Å². The van der Waals surface area contributed by atoms with Crippen LogP contribution in [0.15, 0.2) is 23.1 Å². The summed E-state index contributed by atoms with van der Waals surface area (Å²) in [5, 5.41) is 7.42. The largest absolute Gasteiger partial charge is 0.222 e. The van der Waals surface area contributed by atoms with Gasteiger partial charge in [-0.1, -0.05) is 13.8 Å². The molecule has 0 aliphatic carbocycles. The van der Waals surface area contributed by atoms with E-state index < -0.39 is 37.5 Å². The summed E-state index contributed by atoms with van der Waals surface area (Å²) >= 11 is 0. The van der Waals surface area contributed by atoms with Gasteiger partial charge in [-0.15, -0.1) is 0 Å². The zero-order valence-corrected chi connectivity index (χ0v) is 10.1. The molecule has 0 saturated heterocycles. The van der Waals surface area contributed by atoms with Crippen molar-refractivity contribution < 1.29 is 17.2 Å². The average Bonchev–Trinajstić information content (AvgIpc) is 2.21. The molecule has 0 amide bonds. The van der Waals surface area contributed by atoms with Gasteiger partial charge in [-0.2, -0.15) is 5.26 Å². The fraction of sp³-hybridized carbons (Fsp3) is 0.364. The SMILES string of the molecule is CC(C)C(C#N)S(=O)(=O)c1cc(F)ccc1F. The first kappa shape index (κ1) is 13.6. The first-order valence-corrected chi connectivity index (χ1v) is 6.44. The maximum absolute atomic E-state index is 13.4. The van der Waals surface area contributed by atoms with E-state index >= 15 is 0 Å². The number of benzene rings is 1. The van der Waals surface area contributed by atoms with E-state index in [1.165, 1.54) is 13.8 Å². The molecule has 0 fully saturated rings. The van der Waals surface area contributed by atoms with Crippen LogP contribution in [0.3, 0.4) is 0 Å². The van der Waals surface area contributed by atoms with Gasteiger partial charge in [-0.3, -0.25) is 0 Å². The third kappa shape index (κ3) is 2.61. The third-order valence-corrected chi connectivity index (χ3v) is 4.51. The lowest BCUT2D eigenvalue weighted by Crippen LogP contribution is -2.26. The van der Waals surface area contributed by atoms with E-state index in [9.17, 15) is 17.2 Å². The highest BCUT2D eigenvalue weighted by atomic mass is 32.2. The molecule has 1 unspecified atom stereocenters. The minimum absolute atomic E-state index is 0.507. The van der Waals surface area contributed by atoms with E-state index in [-0.39, 0.29) is 0 Å². The van der Waals surface area contributed by atoms with Gasteiger partial charge < -0.3 is 0 Å². The highest BCUT2D eigenvalue weighted by Gasteiger charge is 2.32. The molecule has 0 aliphatic rings. The quantitative estimate of drug-likeness (QED) is 0.836. The number of rotatable bonds is 3. The van der Waals surface area contributed by atoms with Crippen molar-refractivity contribution in [1.82, 2.24) is 0 Å². The van der Waals surface area contributed by atoms with Crippen molar-refractivity contribution in [2.45, 2.75) is 24.0 Å². The molecule has 6 heteroatoms. The van der Waals surface area contributed by atoms with E-state index in [0.29, 0.717) is 6.07 Å². The van der Waals surface area contributed by atoms with Gasteiger partial charge in [-0.25, -0.2) is 17.2 Å². The summed E-state index contributed by atoms with van der Waals surface area (Å²) in [6, 6.07) is 3.76. The molecule has 0 heterocycles. The predicted octanol–water partition coefficient (Wildman–Crippen LogP) is 2.29. The van der Waals surface area contributed by atoms with Crippen molar-refractivity contribution in [3.8, 4) is 6.07 Å². The summed E-state index contributed by atoms with van der Waals surface area (Å²) in [6.07, 6.45) is 0. The molecule has 3 nitrogen and oxygen atoms in total. The summed E-state index contributed by atoms with van der Waals surface area (Å²) in [7, 11) is -4.18. The monoisotopic (exact) mass is 259 g/mol. The lowest BCUT2D eigenvalue weighted by molar-refractivity contribution is 0.537. The Bertz CT molecular complexity index is 561. The number of sulfone groups is 1. The number of nitrogens with zero attached hydrogens (tertiary/aromatic N) is 1. The Balaban J connectivity index is 3.41. The van der Waals surface area contributed by atoms with Gasteiger partial charge in [0.25, 0.3) is 0 Å². The normalized spacial score (nSPS) is 13.4. The van der Waals surface area contributed by atoms with Gasteiger partial charge in [0.2, 0.25) is 0 Å². The second kappa shape index (κ2) is 4.80. The fourth-order valence-electron chi connectivity index (χ4n) is 1.41. The topological polar surface area (TPSA) is 57.9 Å². The Morgan fingerprint density at radius 3 is 2.35 bits per heavy atom. The van der Waals surface area contributed by atoms with Crippen molar-refractivity contribution in [1.29, 1.82) is 5.26 Å². The first-order chi connectivity index (χ1) is 7.80. The van der Waals surface area contributed by atoms with Crippen LogP contribution in [0.25, 0.3) is 0 Å². The molecule has 1 aromatic carbocycles. The molecule has 0 spiro atoms. The first-order valence-electron chi connectivity index (χ1n) is 4.89. The highest BCUT2D eigenvalue weighted by Crippen LogP contribution is 2.24. The lowest BCUT2D eigenvalue weighted by Gasteiger charge is -2.14. The molecular formula is C11H11F2NO2S. The van der Waals surface area contributed by atoms with Crippen molar-refractivity contribution >= 4 is 9.84 Å². The van der Waals surface area contributed by atoms with Crippen LogP contribution in [0, 0.1) is 28.9 Å². The van der Waals surface area contributed by atoms with Crippen molar-refractivity contribution in [2.75, 3.05) is 0 Å². The van der Waals surface area contributed by atoms with Crippen LogP contribution >= 0.6 is 0 Å². The molecule has 0 N–H and O–H groups in total. The van der Waals surface area contributed by atoms with Crippen LogP contribution in [-0.4, -0.2) is 13.7 Å². The number of hydrogen-bond donors (Lipinski definition) is 0. The minimum atomic E-state index is -4.18. The van der Waals surface area contributed by atoms with Gasteiger partial charge in [0.1, 0.15) is 16.5 Å². The zero-order valence-electron chi connectivity index (χ0n) is 9.31. The fourth-order valence-corrected chi connectivity index (χ4v) is 3.15. The van der Waals surface area contributed by atoms with Gasteiger partial charge in [0, 0.05) is 0 Å². The molecule has 1 rings (SSSR count). The van der Waals surface area contributed by atoms with E-state index in [0.717, 1.165) is 12.1 Å². The van der Waals surface area contributed by atoms with Gasteiger partial charge >= 0.3 is 0 Å². The van der Waals surface area contributed by atoms with Gasteiger partial charge in [0.05, 0.1) is 6.07 Å². The smallest absolute Gasteiger partial charge is 0.197 e. The molecule has 0 aliphatic heterocycles. The highest BCUT2D eigenvalue weighted by molar-refractivity contribution is 7.92. The molecule has 92 valence electrons. The van der Waals surface area contributed by atoms with Crippen molar-refractivity contribution in [3.05, 3.63) is 29.8 Å². The van der Waals surface area contributed by atoms with E-state index in [4.69, 9.17) is 5.26 Å². The molecule has 0 radical (unpaired) electrons. The Kier molecular flexibility index (Phi) is 3.83. The molecule has 17 heavy (non-hydrogen) atoms. The van der Waals surface area contributed by atoms with E-state index in [1.807, 2.05) is 0 Å². The summed E-state index contributed by atoms with van der Waals surface area (Å²) < 4.78 is 50.2. The number of halogens is 2.